The van der Waals surface area contributed by atoms with Gasteiger partial charge in [-0.3, -0.25) is 0 Å². The molecule has 0 aliphatic rings. The second-order valence-corrected chi connectivity index (χ2v) is 3.24. The van der Waals surface area contributed by atoms with Crippen molar-refractivity contribution in [1.82, 2.24) is 4.98 Å². The summed E-state index contributed by atoms with van der Waals surface area (Å²) in [6, 6.07) is 5.74. The van der Waals surface area contributed by atoms with Crippen molar-refractivity contribution in [3.63, 3.8) is 0 Å². The van der Waals surface area contributed by atoms with Crippen LogP contribution in [-0.2, 0) is 0 Å². The van der Waals surface area contributed by atoms with Crippen LogP contribution in [0.15, 0.2) is 18.3 Å². The highest BCUT2D eigenvalue weighted by Gasteiger charge is 1.96. The molecule has 74 valence electrons. The van der Waals surface area contributed by atoms with Crippen LogP contribution in [0.2, 0.25) is 0 Å². The molecule has 0 fully saturated rings. The lowest BCUT2D eigenvalue weighted by Crippen LogP contribution is -2.19. The second-order valence-electron chi connectivity index (χ2n) is 3.24. The molecule has 4 heteroatoms. The van der Waals surface area contributed by atoms with Crippen LogP contribution in [0.25, 0.3) is 0 Å². The van der Waals surface area contributed by atoms with Crippen molar-refractivity contribution in [3.8, 4) is 6.07 Å². The van der Waals surface area contributed by atoms with Gasteiger partial charge in [-0.25, -0.2) is 4.98 Å². The van der Waals surface area contributed by atoms with Gasteiger partial charge in [0.15, 0.2) is 0 Å². The number of pyridine rings is 1. The molecule has 0 saturated carbocycles. The topological polar surface area (TPSA) is 74.7 Å². The minimum Gasteiger partial charge on any atom is -0.370 e. The highest BCUT2D eigenvalue weighted by molar-refractivity contribution is 5.38. The third kappa shape index (κ3) is 3.42. The third-order valence-corrected chi connectivity index (χ3v) is 1.80. The molecule has 0 aliphatic carbocycles. The number of nitrogens with zero attached hydrogens (tertiary/aromatic N) is 2. The Labute approximate surface area is 83.8 Å². The first-order valence-corrected chi connectivity index (χ1v) is 4.58. The molecule has 0 bridgehead atoms. The smallest absolute Gasteiger partial charge is 0.125 e. The highest BCUT2D eigenvalue weighted by Crippen LogP contribution is 2.03. The fraction of sp³-hybridized carbons (Fsp3) is 0.400. The Morgan fingerprint density at radius 1 is 1.64 bits per heavy atom. The Bertz CT molecular complexity index is 310. The minimum absolute atomic E-state index is 0.195. The molecule has 4 nitrogen and oxygen atoms in total. The minimum atomic E-state index is 0.195. The number of hydrogen-bond donors (Lipinski definition) is 2. The maximum atomic E-state index is 8.55. The lowest BCUT2D eigenvalue weighted by atomic mass is 10.2. The molecule has 0 aromatic carbocycles. The third-order valence-electron chi connectivity index (χ3n) is 1.80. The van der Waals surface area contributed by atoms with Gasteiger partial charge in [0.2, 0.25) is 0 Å². The molecule has 14 heavy (non-hydrogen) atoms. The molecule has 0 amide bonds. The van der Waals surface area contributed by atoms with E-state index >= 15 is 0 Å². The molecule has 0 saturated heterocycles. The summed E-state index contributed by atoms with van der Waals surface area (Å²) >= 11 is 0. The van der Waals surface area contributed by atoms with Crippen molar-refractivity contribution in [3.05, 3.63) is 23.9 Å². The van der Waals surface area contributed by atoms with Crippen molar-refractivity contribution in [1.29, 1.82) is 5.26 Å². The van der Waals surface area contributed by atoms with Gasteiger partial charge in [-0.15, -0.1) is 0 Å². The van der Waals surface area contributed by atoms with E-state index in [9.17, 15) is 0 Å². The van der Waals surface area contributed by atoms with Gasteiger partial charge in [0.05, 0.1) is 5.56 Å². The molecule has 0 aliphatic heterocycles. The van der Waals surface area contributed by atoms with Gasteiger partial charge >= 0.3 is 0 Å². The van der Waals surface area contributed by atoms with E-state index in [0.29, 0.717) is 5.56 Å². The zero-order valence-corrected chi connectivity index (χ0v) is 8.20. The van der Waals surface area contributed by atoms with E-state index in [4.69, 9.17) is 11.0 Å². The Hall–Kier alpha value is -1.60. The van der Waals surface area contributed by atoms with Crippen molar-refractivity contribution in [2.24, 2.45) is 5.73 Å². The van der Waals surface area contributed by atoms with Gasteiger partial charge in [0.25, 0.3) is 0 Å². The van der Waals surface area contributed by atoms with Gasteiger partial charge in [0.1, 0.15) is 11.9 Å². The Morgan fingerprint density at radius 2 is 2.43 bits per heavy atom. The monoisotopic (exact) mass is 190 g/mol. The normalized spacial score (nSPS) is 11.8. The molecule has 1 heterocycles. The summed E-state index contributed by atoms with van der Waals surface area (Å²) in [5, 5.41) is 11.7. The summed E-state index contributed by atoms with van der Waals surface area (Å²) < 4.78 is 0. The van der Waals surface area contributed by atoms with E-state index in [1.54, 1.807) is 18.3 Å². The van der Waals surface area contributed by atoms with Crippen LogP contribution in [0, 0.1) is 11.3 Å². The summed E-state index contributed by atoms with van der Waals surface area (Å²) in [5.74, 6) is 0.782. The Kier molecular flexibility index (Phi) is 3.89. The summed E-state index contributed by atoms with van der Waals surface area (Å²) in [4.78, 5) is 4.07. The van der Waals surface area contributed by atoms with Gasteiger partial charge < -0.3 is 11.1 Å². The van der Waals surface area contributed by atoms with Crippen LogP contribution in [0.5, 0.6) is 0 Å². The van der Waals surface area contributed by atoms with E-state index < -0.39 is 0 Å². The van der Waals surface area contributed by atoms with E-state index in [2.05, 4.69) is 10.3 Å². The number of nitrogens with two attached hydrogens (primary N) is 1. The second kappa shape index (κ2) is 5.20. The molecule has 1 aromatic rings. The number of nitriles is 1. The zero-order chi connectivity index (χ0) is 10.4. The van der Waals surface area contributed by atoms with Gasteiger partial charge in [0, 0.05) is 18.8 Å². The SMILES string of the molecule is CC(N)CCNc1ccc(C#N)cn1. The van der Waals surface area contributed by atoms with Crippen molar-refractivity contribution in [2.75, 3.05) is 11.9 Å². The molecule has 3 N–H and O–H groups in total. The van der Waals surface area contributed by atoms with E-state index in [0.717, 1.165) is 18.8 Å². The van der Waals surface area contributed by atoms with Crippen LogP contribution in [0.1, 0.15) is 18.9 Å². The van der Waals surface area contributed by atoms with Crippen LogP contribution in [-0.4, -0.2) is 17.6 Å². The molecule has 1 rings (SSSR count). The maximum absolute atomic E-state index is 8.55. The van der Waals surface area contributed by atoms with Crippen molar-refractivity contribution in [2.45, 2.75) is 19.4 Å². The van der Waals surface area contributed by atoms with Crippen molar-refractivity contribution >= 4 is 5.82 Å². The molecule has 1 atom stereocenters. The van der Waals surface area contributed by atoms with Gasteiger partial charge in [-0.05, 0) is 25.5 Å². The van der Waals surface area contributed by atoms with Crippen LogP contribution in [0.3, 0.4) is 0 Å². The largest absolute Gasteiger partial charge is 0.370 e. The average Bonchev–Trinajstić information content (AvgIpc) is 2.18. The first-order valence-electron chi connectivity index (χ1n) is 4.58. The number of hydrogen-bond acceptors (Lipinski definition) is 4. The number of rotatable bonds is 4. The lowest BCUT2D eigenvalue weighted by Gasteiger charge is -2.06. The highest BCUT2D eigenvalue weighted by atomic mass is 15.0. The molecular formula is C10H14N4. The molecule has 1 unspecified atom stereocenters. The standard InChI is InChI=1S/C10H14N4/c1-8(12)4-5-13-10-3-2-9(6-11)7-14-10/h2-3,7-8H,4-5,12H2,1H3,(H,13,14). The first kappa shape index (κ1) is 10.5. The molecular weight excluding hydrogens is 176 g/mol. The molecule has 1 aromatic heterocycles. The van der Waals surface area contributed by atoms with Gasteiger partial charge in [-0.2, -0.15) is 5.26 Å². The molecule has 0 spiro atoms. The van der Waals surface area contributed by atoms with Crippen LogP contribution < -0.4 is 11.1 Å². The molecule has 0 radical (unpaired) electrons. The average molecular weight is 190 g/mol. The fourth-order valence-electron chi connectivity index (χ4n) is 0.992. The quantitative estimate of drug-likeness (QED) is 0.745. The van der Waals surface area contributed by atoms with Crippen molar-refractivity contribution < 1.29 is 0 Å². The predicted octanol–water partition coefficient (Wildman–Crippen LogP) is 1.10. The fourth-order valence-corrected chi connectivity index (χ4v) is 0.992. The summed E-state index contributed by atoms with van der Waals surface area (Å²) in [7, 11) is 0. The first-order chi connectivity index (χ1) is 6.72. The van der Waals surface area contributed by atoms with E-state index in [-0.39, 0.29) is 6.04 Å². The number of anilines is 1. The zero-order valence-electron chi connectivity index (χ0n) is 8.20. The number of aromatic nitrogens is 1. The summed E-state index contributed by atoms with van der Waals surface area (Å²) in [6.07, 6.45) is 2.45. The van der Waals surface area contributed by atoms with Crippen LogP contribution in [0.4, 0.5) is 5.82 Å². The Morgan fingerprint density at radius 3 is 2.93 bits per heavy atom. The maximum Gasteiger partial charge on any atom is 0.125 e. The Balaban J connectivity index is 2.41. The number of nitrogens with one attached hydrogen (secondary N) is 1. The predicted molar refractivity (Wildman–Crippen MR) is 55.7 cm³/mol. The summed E-state index contributed by atoms with van der Waals surface area (Å²) in [5.41, 5.74) is 6.17. The summed E-state index contributed by atoms with van der Waals surface area (Å²) in [6.45, 7) is 2.77. The van der Waals surface area contributed by atoms with E-state index in [1.165, 1.54) is 0 Å². The lowest BCUT2D eigenvalue weighted by molar-refractivity contribution is 0.689. The van der Waals surface area contributed by atoms with Crippen LogP contribution >= 0.6 is 0 Å². The van der Waals surface area contributed by atoms with Gasteiger partial charge in [-0.1, -0.05) is 0 Å². The van der Waals surface area contributed by atoms with E-state index in [1.807, 2.05) is 13.0 Å².